The van der Waals surface area contributed by atoms with Gasteiger partial charge in [-0.3, -0.25) is 4.98 Å². The van der Waals surface area contributed by atoms with Gasteiger partial charge in [0.2, 0.25) is 0 Å². The van der Waals surface area contributed by atoms with Crippen LogP contribution in [0.5, 0.6) is 0 Å². The summed E-state index contributed by atoms with van der Waals surface area (Å²) in [6.07, 6.45) is 1.80. The maximum atomic E-state index is 5.44. The number of hydrogen-bond acceptors (Lipinski definition) is 3. The molecule has 1 aromatic heterocycles. The van der Waals surface area contributed by atoms with Gasteiger partial charge in [-0.2, -0.15) is 0 Å². The summed E-state index contributed by atoms with van der Waals surface area (Å²) in [5.74, 6) is 1.08. The van der Waals surface area contributed by atoms with Crippen LogP contribution in [0.25, 0.3) is 0 Å². The quantitative estimate of drug-likeness (QED) is 0.637. The maximum absolute atomic E-state index is 5.44. The van der Waals surface area contributed by atoms with E-state index in [0.717, 1.165) is 18.1 Å². The van der Waals surface area contributed by atoms with E-state index in [2.05, 4.69) is 4.98 Å². The zero-order valence-electron chi connectivity index (χ0n) is 6.06. The molecule has 0 saturated carbocycles. The Labute approximate surface area is 70.0 Å². The largest absolute Gasteiger partial charge is 0.360 e. The Morgan fingerprint density at radius 2 is 2.55 bits per heavy atom. The topological polar surface area (TPSA) is 22.1 Å². The van der Waals surface area contributed by atoms with Crippen molar-refractivity contribution in [3.05, 3.63) is 30.1 Å². The molecule has 0 aliphatic carbocycles. The lowest BCUT2D eigenvalue weighted by Crippen LogP contribution is -1.94. The zero-order valence-corrected chi connectivity index (χ0v) is 6.88. The summed E-state index contributed by atoms with van der Waals surface area (Å²) in [7, 11) is 0. The monoisotopic (exact) mass is 167 g/mol. The maximum Gasteiger partial charge on any atom is 0.145 e. The Kier molecular flexibility index (Phi) is 2.10. The van der Waals surface area contributed by atoms with Gasteiger partial charge in [-0.1, -0.05) is 6.07 Å². The number of ether oxygens (including phenoxy) is 1. The molecule has 1 aliphatic heterocycles. The first-order valence-corrected chi connectivity index (χ1v) is 4.66. The molecule has 1 aliphatic rings. The second kappa shape index (κ2) is 3.24. The van der Waals surface area contributed by atoms with E-state index >= 15 is 0 Å². The summed E-state index contributed by atoms with van der Waals surface area (Å²) in [4.78, 5) is 4.21. The van der Waals surface area contributed by atoms with Gasteiger partial charge in [-0.05, 0) is 12.1 Å². The third kappa shape index (κ3) is 1.54. The van der Waals surface area contributed by atoms with Crippen molar-refractivity contribution in [2.75, 3.05) is 12.4 Å². The molecule has 2 rings (SSSR count). The Morgan fingerprint density at radius 3 is 3.18 bits per heavy atom. The number of nitrogens with zero attached hydrogens (tertiary/aromatic N) is 1. The molecule has 0 aromatic carbocycles. The Morgan fingerprint density at radius 1 is 1.55 bits per heavy atom. The normalized spacial score (nSPS) is 23.8. The average Bonchev–Trinajstić information content (AvgIpc) is 2.58. The molecule has 0 bridgehead atoms. The highest BCUT2D eigenvalue weighted by molar-refractivity contribution is 7.99. The Hall–Kier alpha value is -0.540. The minimum absolute atomic E-state index is 0.177. The molecule has 0 amide bonds. The minimum Gasteiger partial charge on any atom is -0.360 e. The fourth-order valence-corrected chi connectivity index (χ4v) is 1.95. The highest BCUT2D eigenvalue weighted by Gasteiger charge is 2.18. The van der Waals surface area contributed by atoms with Gasteiger partial charge < -0.3 is 4.74 Å². The third-order valence-corrected chi connectivity index (χ3v) is 2.63. The predicted octanol–water partition coefficient (Wildman–Crippen LogP) is 1.84. The van der Waals surface area contributed by atoms with Crippen molar-refractivity contribution in [1.82, 2.24) is 4.98 Å². The number of aromatic nitrogens is 1. The standard InChI is InChI=1S/C8H9NOS/c1-2-4-9-7(3-1)8-10-5-6-11-8/h1-4,8H,5-6H2. The molecule has 1 fully saturated rings. The highest BCUT2D eigenvalue weighted by atomic mass is 32.2. The fourth-order valence-electron chi connectivity index (χ4n) is 1.04. The fraction of sp³-hybridized carbons (Fsp3) is 0.375. The summed E-state index contributed by atoms with van der Waals surface area (Å²) in [6.45, 7) is 0.853. The number of pyridine rings is 1. The van der Waals surface area contributed by atoms with Crippen molar-refractivity contribution in [3.8, 4) is 0 Å². The van der Waals surface area contributed by atoms with Crippen molar-refractivity contribution < 1.29 is 4.74 Å². The van der Waals surface area contributed by atoms with Crippen LogP contribution < -0.4 is 0 Å². The SMILES string of the molecule is c1ccc(C2OCCS2)nc1. The number of hydrogen-bond donors (Lipinski definition) is 0. The van der Waals surface area contributed by atoms with Gasteiger partial charge in [-0.25, -0.2) is 0 Å². The molecule has 0 radical (unpaired) electrons. The molecule has 1 saturated heterocycles. The molecule has 1 aromatic rings. The molecule has 1 unspecified atom stereocenters. The lowest BCUT2D eigenvalue weighted by molar-refractivity contribution is 0.142. The highest BCUT2D eigenvalue weighted by Crippen LogP contribution is 2.33. The van der Waals surface area contributed by atoms with Crippen LogP contribution in [-0.4, -0.2) is 17.3 Å². The van der Waals surface area contributed by atoms with Crippen molar-refractivity contribution >= 4 is 11.8 Å². The summed E-state index contributed by atoms with van der Waals surface area (Å²) in [5, 5.41) is 0. The van der Waals surface area contributed by atoms with Crippen molar-refractivity contribution in [1.29, 1.82) is 0 Å². The van der Waals surface area contributed by atoms with Crippen LogP contribution in [0.1, 0.15) is 11.1 Å². The van der Waals surface area contributed by atoms with E-state index < -0.39 is 0 Å². The van der Waals surface area contributed by atoms with E-state index in [1.54, 1.807) is 6.20 Å². The minimum atomic E-state index is 0.177. The van der Waals surface area contributed by atoms with Crippen molar-refractivity contribution in [2.45, 2.75) is 5.44 Å². The molecule has 0 spiro atoms. The summed E-state index contributed by atoms with van der Waals surface area (Å²) >= 11 is 1.81. The van der Waals surface area contributed by atoms with Crippen LogP contribution in [0.3, 0.4) is 0 Å². The lowest BCUT2D eigenvalue weighted by Gasteiger charge is -2.05. The van der Waals surface area contributed by atoms with Crippen LogP contribution in [0.2, 0.25) is 0 Å². The van der Waals surface area contributed by atoms with Crippen molar-refractivity contribution in [3.63, 3.8) is 0 Å². The van der Waals surface area contributed by atoms with Crippen molar-refractivity contribution in [2.24, 2.45) is 0 Å². The predicted molar refractivity (Wildman–Crippen MR) is 45.4 cm³/mol. The van der Waals surface area contributed by atoms with Gasteiger partial charge in [0.05, 0.1) is 12.3 Å². The zero-order chi connectivity index (χ0) is 7.52. The van der Waals surface area contributed by atoms with E-state index in [-0.39, 0.29) is 5.44 Å². The molecule has 2 heterocycles. The van der Waals surface area contributed by atoms with E-state index in [4.69, 9.17) is 4.74 Å². The van der Waals surface area contributed by atoms with Gasteiger partial charge >= 0.3 is 0 Å². The smallest absolute Gasteiger partial charge is 0.145 e. The third-order valence-electron chi connectivity index (χ3n) is 1.55. The summed E-state index contributed by atoms with van der Waals surface area (Å²) < 4.78 is 5.44. The van der Waals surface area contributed by atoms with Crippen LogP contribution in [0, 0.1) is 0 Å². The van der Waals surface area contributed by atoms with E-state index in [0.29, 0.717) is 0 Å². The summed E-state index contributed by atoms with van der Waals surface area (Å²) in [6, 6.07) is 5.91. The Balaban J connectivity index is 2.16. The average molecular weight is 167 g/mol. The molecule has 1 atom stereocenters. The molecule has 3 heteroatoms. The van der Waals surface area contributed by atoms with Gasteiger partial charge in [0.25, 0.3) is 0 Å². The number of thioether (sulfide) groups is 1. The van der Waals surface area contributed by atoms with E-state index in [1.165, 1.54) is 0 Å². The molecular weight excluding hydrogens is 158 g/mol. The second-order valence-electron chi connectivity index (χ2n) is 2.33. The van der Waals surface area contributed by atoms with E-state index in [9.17, 15) is 0 Å². The first-order valence-electron chi connectivity index (χ1n) is 3.61. The van der Waals surface area contributed by atoms with Gasteiger partial charge in [-0.15, -0.1) is 11.8 Å². The Bertz CT molecular complexity index is 221. The van der Waals surface area contributed by atoms with Crippen LogP contribution in [-0.2, 0) is 4.74 Å². The van der Waals surface area contributed by atoms with Gasteiger partial charge in [0, 0.05) is 11.9 Å². The van der Waals surface area contributed by atoms with Crippen LogP contribution >= 0.6 is 11.8 Å². The molecule has 11 heavy (non-hydrogen) atoms. The van der Waals surface area contributed by atoms with Gasteiger partial charge in [0.1, 0.15) is 5.44 Å². The van der Waals surface area contributed by atoms with Gasteiger partial charge in [0.15, 0.2) is 0 Å². The first-order chi connectivity index (χ1) is 5.47. The summed E-state index contributed by atoms with van der Waals surface area (Å²) in [5.41, 5.74) is 1.21. The van der Waals surface area contributed by atoms with Crippen LogP contribution in [0.4, 0.5) is 0 Å². The van der Waals surface area contributed by atoms with E-state index in [1.807, 2.05) is 30.0 Å². The molecule has 0 N–H and O–H groups in total. The van der Waals surface area contributed by atoms with Crippen LogP contribution in [0.15, 0.2) is 24.4 Å². The lowest BCUT2D eigenvalue weighted by atomic mass is 10.4. The number of rotatable bonds is 1. The molecular formula is C8H9NOS. The molecule has 2 nitrogen and oxygen atoms in total. The second-order valence-corrected chi connectivity index (χ2v) is 3.50. The molecule has 58 valence electrons. The first kappa shape index (κ1) is 7.13.